The largest absolute Gasteiger partial charge is 0.476 e. The second-order valence-corrected chi connectivity index (χ2v) is 7.25. The van der Waals surface area contributed by atoms with Crippen LogP contribution in [0.2, 0.25) is 0 Å². The lowest BCUT2D eigenvalue weighted by Crippen LogP contribution is -2.29. The minimum atomic E-state index is -1.08. The quantitative estimate of drug-likeness (QED) is 0.725. The molecule has 2 aliphatic rings. The van der Waals surface area contributed by atoms with Crippen molar-refractivity contribution in [3.63, 3.8) is 0 Å². The average molecular weight is 353 g/mol. The van der Waals surface area contributed by atoms with Gasteiger partial charge in [0.05, 0.1) is 31.6 Å². The van der Waals surface area contributed by atoms with Gasteiger partial charge in [-0.05, 0) is 36.3 Å². The number of nitrogens with zero attached hydrogens (tertiary/aromatic N) is 5. The van der Waals surface area contributed by atoms with Crippen molar-refractivity contribution in [3.8, 4) is 0 Å². The summed E-state index contributed by atoms with van der Waals surface area (Å²) in [5.41, 5.74) is 4.39. The van der Waals surface area contributed by atoms with Gasteiger partial charge in [-0.15, -0.1) is 5.10 Å². The Morgan fingerprint density at radius 2 is 2.12 bits per heavy atom. The van der Waals surface area contributed by atoms with Crippen LogP contribution in [0.3, 0.4) is 0 Å². The molecular weight excluding hydrogens is 334 g/mol. The summed E-state index contributed by atoms with van der Waals surface area (Å²) in [6.07, 6.45) is 9.10. The molecule has 1 saturated carbocycles. The van der Waals surface area contributed by atoms with Crippen molar-refractivity contribution in [2.45, 2.75) is 31.7 Å². The molecule has 8 nitrogen and oxygen atoms in total. The standard InChI is InChI=1S/C18H19N5O3/c24-18(25)16-8-23(21-20-16)7-15-6-22-5-14(12-1-2-12)4-13(17(22)19-15)3-11-9-26-10-11/h4-6,8,11-12H,1-3,7,9-10H2,(H,24,25). The number of fused-ring (bicyclic) bond motifs is 1. The number of carboxylic acids is 1. The van der Waals surface area contributed by atoms with E-state index in [4.69, 9.17) is 14.8 Å². The molecule has 1 aliphatic carbocycles. The van der Waals surface area contributed by atoms with E-state index in [0.29, 0.717) is 18.4 Å². The summed E-state index contributed by atoms with van der Waals surface area (Å²) in [4.78, 5) is 15.7. The first-order chi connectivity index (χ1) is 12.7. The summed E-state index contributed by atoms with van der Waals surface area (Å²) in [6.45, 7) is 2.04. The van der Waals surface area contributed by atoms with Crippen LogP contribution >= 0.6 is 0 Å². The van der Waals surface area contributed by atoms with E-state index >= 15 is 0 Å². The zero-order valence-corrected chi connectivity index (χ0v) is 14.2. The molecule has 0 spiro atoms. The predicted molar refractivity (Wildman–Crippen MR) is 91.3 cm³/mol. The minimum Gasteiger partial charge on any atom is -0.476 e. The molecule has 0 aromatic carbocycles. The molecule has 4 heterocycles. The van der Waals surface area contributed by atoms with E-state index in [2.05, 4.69) is 27.0 Å². The molecule has 0 unspecified atom stereocenters. The van der Waals surface area contributed by atoms with Crippen molar-refractivity contribution in [2.24, 2.45) is 5.92 Å². The number of aromatic carboxylic acids is 1. The van der Waals surface area contributed by atoms with Gasteiger partial charge in [0, 0.05) is 18.3 Å². The number of hydrogen-bond donors (Lipinski definition) is 1. The number of imidazole rings is 1. The molecule has 26 heavy (non-hydrogen) atoms. The molecule has 0 amide bonds. The van der Waals surface area contributed by atoms with Crippen LogP contribution in [0.1, 0.15) is 46.1 Å². The van der Waals surface area contributed by atoms with E-state index in [1.807, 2.05) is 6.20 Å². The fraction of sp³-hybridized carbons (Fsp3) is 0.444. The molecule has 5 rings (SSSR count). The highest BCUT2D eigenvalue weighted by Crippen LogP contribution is 2.41. The number of ether oxygens (including phenoxy) is 1. The van der Waals surface area contributed by atoms with Crippen LogP contribution in [0, 0.1) is 5.92 Å². The fourth-order valence-corrected chi connectivity index (χ4v) is 3.46. The molecular formula is C18H19N5O3. The summed E-state index contributed by atoms with van der Waals surface area (Å²) in [6, 6.07) is 2.31. The van der Waals surface area contributed by atoms with Crippen LogP contribution in [0.5, 0.6) is 0 Å². The molecule has 0 radical (unpaired) electrons. The Labute approximate surface area is 149 Å². The monoisotopic (exact) mass is 353 g/mol. The summed E-state index contributed by atoms with van der Waals surface area (Å²) in [5, 5.41) is 16.5. The lowest BCUT2D eigenvalue weighted by atomic mass is 9.97. The van der Waals surface area contributed by atoms with E-state index in [-0.39, 0.29) is 5.69 Å². The molecule has 1 aliphatic heterocycles. The maximum atomic E-state index is 11.0. The topological polar surface area (TPSA) is 94.5 Å². The summed E-state index contributed by atoms with van der Waals surface area (Å²) in [7, 11) is 0. The number of rotatable bonds is 6. The van der Waals surface area contributed by atoms with Gasteiger partial charge in [-0.2, -0.15) is 0 Å². The molecule has 8 heteroatoms. The Morgan fingerprint density at radius 1 is 1.27 bits per heavy atom. The molecule has 0 atom stereocenters. The third-order valence-electron chi connectivity index (χ3n) is 5.04. The lowest BCUT2D eigenvalue weighted by Gasteiger charge is -2.26. The number of carbonyl (C=O) groups is 1. The van der Waals surface area contributed by atoms with E-state index in [9.17, 15) is 4.79 Å². The highest BCUT2D eigenvalue weighted by atomic mass is 16.5. The first kappa shape index (κ1) is 15.5. The van der Waals surface area contributed by atoms with Gasteiger partial charge in [-0.1, -0.05) is 11.3 Å². The molecule has 2 fully saturated rings. The minimum absolute atomic E-state index is 0.0598. The van der Waals surface area contributed by atoms with Gasteiger partial charge in [0.2, 0.25) is 0 Å². The van der Waals surface area contributed by atoms with Crippen molar-refractivity contribution in [2.75, 3.05) is 13.2 Å². The van der Waals surface area contributed by atoms with Crippen LogP contribution in [0.15, 0.2) is 24.7 Å². The van der Waals surface area contributed by atoms with Gasteiger partial charge >= 0.3 is 5.97 Å². The molecule has 1 saturated heterocycles. The molecule has 134 valence electrons. The van der Waals surface area contributed by atoms with Crippen molar-refractivity contribution in [1.29, 1.82) is 0 Å². The number of carboxylic acid groups (broad SMARTS) is 1. The van der Waals surface area contributed by atoms with E-state index < -0.39 is 5.97 Å². The third-order valence-corrected chi connectivity index (χ3v) is 5.04. The predicted octanol–water partition coefficient (Wildman–Crippen LogP) is 1.74. The first-order valence-corrected chi connectivity index (χ1v) is 8.87. The Kier molecular flexibility index (Phi) is 3.53. The second-order valence-electron chi connectivity index (χ2n) is 7.25. The second kappa shape index (κ2) is 5.91. The maximum absolute atomic E-state index is 11.0. The summed E-state index contributed by atoms with van der Waals surface area (Å²) >= 11 is 0. The smallest absolute Gasteiger partial charge is 0.358 e. The van der Waals surface area contributed by atoms with Crippen LogP contribution in [0.4, 0.5) is 0 Å². The fourth-order valence-electron chi connectivity index (χ4n) is 3.46. The van der Waals surface area contributed by atoms with E-state index in [0.717, 1.165) is 31.0 Å². The molecule has 0 bridgehead atoms. The van der Waals surface area contributed by atoms with Gasteiger partial charge in [-0.3, -0.25) is 0 Å². The molecule has 3 aromatic rings. The molecule has 1 N–H and O–H groups in total. The lowest BCUT2D eigenvalue weighted by molar-refractivity contribution is -0.0311. The third kappa shape index (κ3) is 2.86. The zero-order chi connectivity index (χ0) is 17.7. The van der Waals surface area contributed by atoms with Crippen LogP contribution in [0.25, 0.3) is 5.65 Å². The van der Waals surface area contributed by atoms with Crippen LogP contribution in [-0.2, 0) is 17.7 Å². The Balaban J connectivity index is 1.48. The van der Waals surface area contributed by atoms with Crippen molar-refractivity contribution < 1.29 is 14.6 Å². The Morgan fingerprint density at radius 3 is 2.77 bits per heavy atom. The van der Waals surface area contributed by atoms with Gasteiger partial charge in [-0.25, -0.2) is 14.5 Å². The van der Waals surface area contributed by atoms with Crippen LogP contribution in [-0.4, -0.2) is 48.7 Å². The number of pyridine rings is 1. The van der Waals surface area contributed by atoms with Crippen molar-refractivity contribution in [3.05, 3.63) is 47.2 Å². The van der Waals surface area contributed by atoms with Gasteiger partial charge < -0.3 is 14.2 Å². The van der Waals surface area contributed by atoms with Gasteiger partial charge in [0.25, 0.3) is 0 Å². The number of hydrogen-bond acceptors (Lipinski definition) is 5. The molecule has 3 aromatic heterocycles. The Hall–Kier alpha value is -2.74. The highest BCUT2D eigenvalue weighted by molar-refractivity contribution is 5.84. The average Bonchev–Trinajstić information content (AvgIpc) is 3.18. The van der Waals surface area contributed by atoms with Crippen molar-refractivity contribution >= 4 is 11.6 Å². The highest BCUT2D eigenvalue weighted by Gasteiger charge is 2.27. The van der Waals surface area contributed by atoms with Gasteiger partial charge in [0.15, 0.2) is 5.69 Å². The Bertz CT molecular complexity index is 984. The van der Waals surface area contributed by atoms with E-state index in [1.165, 1.54) is 34.8 Å². The van der Waals surface area contributed by atoms with Gasteiger partial charge in [0.1, 0.15) is 5.65 Å². The maximum Gasteiger partial charge on any atom is 0.358 e. The SMILES string of the molecule is O=C(O)c1cn(Cc2cn3cc(C4CC4)cc(CC4COC4)c3n2)nn1. The van der Waals surface area contributed by atoms with E-state index in [1.54, 1.807) is 0 Å². The summed E-state index contributed by atoms with van der Waals surface area (Å²) in [5.74, 6) is 0.169. The summed E-state index contributed by atoms with van der Waals surface area (Å²) < 4.78 is 8.93. The zero-order valence-electron chi connectivity index (χ0n) is 14.2. The normalized spacial score (nSPS) is 17.5. The van der Waals surface area contributed by atoms with Crippen LogP contribution < -0.4 is 0 Å². The number of aromatic nitrogens is 5. The van der Waals surface area contributed by atoms with Crippen molar-refractivity contribution in [1.82, 2.24) is 24.4 Å². The first-order valence-electron chi connectivity index (χ1n) is 8.87.